The predicted molar refractivity (Wildman–Crippen MR) is 68.2 cm³/mol. The van der Waals surface area contributed by atoms with Crippen molar-refractivity contribution >= 4 is 0 Å². The number of methoxy groups -OCH3 is 1. The molecule has 0 aliphatic rings. The summed E-state index contributed by atoms with van der Waals surface area (Å²) in [4.78, 5) is 0. The number of para-hydroxylation sites is 1. The molecular formula is C15H16O2. The molecular weight excluding hydrogens is 212 g/mol. The lowest BCUT2D eigenvalue weighted by molar-refractivity contribution is 0.214. The van der Waals surface area contributed by atoms with Crippen molar-refractivity contribution in [2.45, 2.75) is 13.0 Å². The second-order valence-corrected chi connectivity index (χ2v) is 4.00. The molecule has 1 N–H and O–H groups in total. The zero-order chi connectivity index (χ0) is 12.3. The van der Waals surface area contributed by atoms with Crippen LogP contribution in [0.25, 0.3) is 0 Å². The smallest absolute Gasteiger partial charge is 0.125 e. The minimum Gasteiger partial charge on any atom is -0.496 e. The molecule has 17 heavy (non-hydrogen) atoms. The minimum absolute atomic E-state index is 0.646. The van der Waals surface area contributed by atoms with Crippen molar-refractivity contribution < 1.29 is 9.84 Å². The van der Waals surface area contributed by atoms with Crippen molar-refractivity contribution in [3.63, 3.8) is 0 Å². The molecule has 2 heteroatoms. The lowest BCUT2D eigenvalue weighted by atomic mass is 9.97. The third-order valence-corrected chi connectivity index (χ3v) is 2.92. The third kappa shape index (κ3) is 2.32. The highest BCUT2D eigenvalue weighted by atomic mass is 16.5. The van der Waals surface area contributed by atoms with E-state index in [1.54, 1.807) is 7.11 Å². The molecule has 0 spiro atoms. The number of benzene rings is 2. The maximum absolute atomic E-state index is 10.4. The normalized spacial score (nSPS) is 12.2. The molecule has 1 atom stereocenters. The van der Waals surface area contributed by atoms with Crippen LogP contribution in [0, 0.1) is 6.92 Å². The van der Waals surface area contributed by atoms with Gasteiger partial charge in [-0.05, 0) is 24.1 Å². The summed E-state index contributed by atoms with van der Waals surface area (Å²) in [6.07, 6.45) is -0.646. The molecule has 0 bridgehead atoms. The number of rotatable bonds is 3. The van der Waals surface area contributed by atoms with Crippen LogP contribution in [-0.4, -0.2) is 12.2 Å². The van der Waals surface area contributed by atoms with E-state index in [0.717, 1.165) is 16.7 Å². The Morgan fingerprint density at radius 2 is 1.53 bits per heavy atom. The van der Waals surface area contributed by atoms with Crippen LogP contribution in [0.15, 0.2) is 48.5 Å². The molecule has 1 unspecified atom stereocenters. The lowest BCUT2D eigenvalue weighted by Crippen LogP contribution is -2.03. The van der Waals surface area contributed by atoms with Crippen LogP contribution in [0.3, 0.4) is 0 Å². The van der Waals surface area contributed by atoms with Gasteiger partial charge in [0.15, 0.2) is 0 Å². The molecule has 0 amide bonds. The van der Waals surface area contributed by atoms with E-state index in [9.17, 15) is 5.11 Å². The Balaban J connectivity index is 2.44. The van der Waals surface area contributed by atoms with Gasteiger partial charge in [0.2, 0.25) is 0 Å². The van der Waals surface area contributed by atoms with Crippen molar-refractivity contribution in [2.24, 2.45) is 0 Å². The first kappa shape index (κ1) is 11.7. The number of aliphatic hydroxyl groups excluding tert-OH is 1. The minimum atomic E-state index is -0.646. The van der Waals surface area contributed by atoms with Gasteiger partial charge in [-0.3, -0.25) is 0 Å². The van der Waals surface area contributed by atoms with Gasteiger partial charge in [-0.15, -0.1) is 0 Å². The SMILES string of the molecule is COc1ccccc1C(O)c1ccccc1C. The van der Waals surface area contributed by atoms with Crippen molar-refractivity contribution in [2.75, 3.05) is 7.11 Å². The summed E-state index contributed by atoms with van der Waals surface area (Å²) in [6, 6.07) is 15.4. The number of hydrogen-bond acceptors (Lipinski definition) is 2. The lowest BCUT2D eigenvalue weighted by Gasteiger charge is -2.16. The fourth-order valence-electron chi connectivity index (χ4n) is 1.95. The van der Waals surface area contributed by atoms with Gasteiger partial charge in [0, 0.05) is 5.56 Å². The van der Waals surface area contributed by atoms with Crippen LogP contribution in [0.5, 0.6) is 5.75 Å². The Bertz CT molecular complexity index is 506. The Morgan fingerprint density at radius 1 is 0.941 bits per heavy atom. The van der Waals surface area contributed by atoms with Gasteiger partial charge in [0.05, 0.1) is 7.11 Å². The van der Waals surface area contributed by atoms with Gasteiger partial charge in [0.1, 0.15) is 11.9 Å². The first-order valence-corrected chi connectivity index (χ1v) is 5.60. The number of aliphatic hydroxyl groups is 1. The Morgan fingerprint density at radius 3 is 2.18 bits per heavy atom. The molecule has 88 valence electrons. The largest absolute Gasteiger partial charge is 0.496 e. The van der Waals surface area contributed by atoms with Crippen LogP contribution in [0.2, 0.25) is 0 Å². The second-order valence-electron chi connectivity index (χ2n) is 4.00. The van der Waals surface area contributed by atoms with Crippen LogP contribution < -0.4 is 4.74 Å². The third-order valence-electron chi connectivity index (χ3n) is 2.92. The van der Waals surface area contributed by atoms with E-state index in [1.807, 2.05) is 55.5 Å². The highest BCUT2D eigenvalue weighted by molar-refractivity contribution is 5.42. The molecule has 2 aromatic rings. The van der Waals surface area contributed by atoms with Gasteiger partial charge in [-0.2, -0.15) is 0 Å². The average molecular weight is 228 g/mol. The van der Waals surface area contributed by atoms with E-state index in [0.29, 0.717) is 5.75 Å². The Kier molecular flexibility index (Phi) is 3.45. The van der Waals surface area contributed by atoms with E-state index in [4.69, 9.17) is 4.74 Å². The fourth-order valence-corrected chi connectivity index (χ4v) is 1.95. The van der Waals surface area contributed by atoms with Crippen molar-refractivity contribution in [3.8, 4) is 5.75 Å². The number of hydrogen-bond donors (Lipinski definition) is 1. The Labute approximate surface area is 101 Å². The maximum atomic E-state index is 10.4. The maximum Gasteiger partial charge on any atom is 0.125 e. The highest BCUT2D eigenvalue weighted by Gasteiger charge is 2.16. The van der Waals surface area contributed by atoms with Gasteiger partial charge in [0.25, 0.3) is 0 Å². The van der Waals surface area contributed by atoms with Crippen molar-refractivity contribution in [3.05, 3.63) is 65.2 Å². The van der Waals surface area contributed by atoms with Gasteiger partial charge in [-0.25, -0.2) is 0 Å². The van der Waals surface area contributed by atoms with Crippen LogP contribution in [-0.2, 0) is 0 Å². The average Bonchev–Trinajstić information content (AvgIpc) is 2.38. The molecule has 2 aromatic carbocycles. The van der Waals surface area contributed by atoms with E-state index in [2.05, 4.69) is 0 Å². The van der Waals surface area contributed by atoms with E-state index in [1.165, 1.54) is 0 Å². The molecule has 0 aliphatic heterocycles. The van der Waals surface area contributed by atoms with E-state index in [-0.39, 0.29) is 0 Å². The predicted octanol–water partition coefficient (Wildman–Crippen LogP) is 3.09. The molecule has 0 aromatic heterocycles. The number of aryl methyl sites for hydroxylation is 1. The van der Waals surface area contributed by atoms with E-state index >= 15 is 0 Å². The Hall–Kier alpha value is -1.80. The quantitative estimate of drug-likeness (QED) is 0.874. The summed E-state index contributed by atoms with van der Waals surface area (Å²) in [5.74, 6) is 0.711. The standard InChI is InChI=1S/C15H16O2/c1-11-7-3-4-8-12(11)15(16)13-9-5-6-10-14(13)17-2/h3-10,15-16H,1-2H3. The first-order chi connectivity index (χ1) is 8.24. The van der Waals surface area contributed by atoms with E-state index < -0.39 is 6.10 Å². The molecule has 0 radical (unpaired) electrons. The fraction of sp³-hybridized carbons (Fsp3) is 0.200. The molecule has 0 saturated heterocycles. The van der Waals surface area contributed by atoms with Gasteiger partial charge >= 0.3 is 0 Å². The van der Waals surface area contributed by atoms with Gasteiger partial charge < -0.3 is 9.84 Å². The van der Waals surface area contributed by atoms with Crippen LogP contribution in [0.1, 0.15) is 22.8 Å². The van der Waals surface area contributed by atoms with Crippen LogP contribution >= 0.6 is 0 Å². The summed E-state index contributed by atoms with van der Waals surface area (Å²) >= 11 is 0. The molecule has 0 saturated carbocycles. The zero-order valence-corrected chi connectivity index (χ0v) is 10.1. The van der Waals surface area contributed by atoms with Crippen molar-refractivity contribution in [1.29, 1.82) is 0 Å². The molecule has 0 aliphatic carbocycles. The summed E-state index contributed by atoms with van der Waals surface area (Å²) in [7, 11) is 1.61. The summed E-state index contributed by atoms with van der Waals surface area (Å²) < 4.78 is 5.27. The number of ether oxygens (including phenoxy) is 1. The van der Waals surface area contributed by atoms with Gasteiger partial charge in [-0.1, -0.05) is 42.5 Å². The zero-order valence-electron chi connectivity index (χ0n) is 10.1. The van der Waals surface area contributed by atoms with Crippen molar-refractivity contribution in [1.82, 2.24) is 0 Å². The van der Waals surface area contributed by atoms with Crippen LogP contribution in [0.4, 0.5) is 0 Å². The monoisotopic (exact) mass is 228 g/mol. The molecule has 0 fully saturated rings. The first-order valence-electron chi connectivity index (χ1n) is 5.60. The summed E-state index contributed by atoms with van der Waals surface area (Å²) in [5.41, 5.74) is 2.78. The second kappa shape index (κ2) is 5.02. The topological polar surface area (TPSA) is 29.5 Å². The molecule has 2 nitrogen and oxygen atoms in total. The molecule has 0 heterocycles. The summed E-state index contributed by atoms with van der Waals surface area (Å²) in [6.45, 7) is 1.99. The summed E-state index contributed by atoms with van der Waals surface area (Å²) in [5, 5.41) is 10.4. The molecule has 2 rings (SSSR count). The highest BCUT2D eigenvalue weighted by Crippen LogP contribution is 2.30.